The molecule has 0 rings (SSSR count). The summed E-state index contributed by atoms with van der Waals surface area (Å²) in [7, 11) is 3.58. The summed E-state index contributed by atoms with van der Waals surface area (Å²) in [6.07, 6.45) is 4.90. The highest BCUT2D eigenvalue weighted by Crippen LogP contribution is 2.36. The number of rotatable bonds is 9. The smallest absolute Gasteiger partial charge is 0.0543 e. The van der Waals surface area contributed by atoms with Gasteiger partial charge >= 0.3 is 0 Å². The molecule has 2 heteroatoms. The molecule has 0 aromatic carbocycles. The fourth-order valence-corrected chi connectivity index (χ4v) is 2.25. The molecule has 2 nitrogen and oxygen atoms in total. The van der Waals surface area contributed by atoms with E-state index >= 15 is 0 Å². The molecule has 0 saturated heterocycles. The van der Waals surface area contributed by atoms with Gasteiger partial charge in [0.05, 0.1) is 13.2 Å². The summed E-state index contributed by atoms with van der Waals surface area (Å²) in [5.74, 6) is 0.656. The average Bonchev–Trinajstić information content (AvgIpc) is 2.25. The zero-order valence-electron chi connectivity index (χ0n) is 11.1. The molecule has 0 aromatic heterocycles. The highest BCUT2D eigenvalue weighted by atomic mass is 16.5. The fraction of sp³-hybridized carbons (Fsp3) is 1.00. The third kappa shape index (κ3) is 4.52. The first-order valence-corrected chi connectivity index (χ1v) is 6.14. The number of methoxy groups -OCH3 is 2. The Hall–Kier alpha value is -0.0800. The lowest BCUT2D eigenvalue weighted by atomic mass is 9.72. The van der Waals surface area contributed by atoms with E-state index in [1.807, 2.05) is 0 Å². The molecule has 0 aromatic rings. The van der Waals surface area contributed by atoms with Crippen LogP contribution in [0.4, 0.5) is 0 Å². The number of hydrogen-bond acceptors (Lipinski definition) is 2. The summed E-state index contributed by atoms with van der Waals surface area (Å²) in [5, 5.41) is 0. The van der Waals surface area contributed by atoms with Crippen LogP contribution in [0.25, 0.3) is 0 Å². The van der Waals surface area contributed by atoms with Crippen LogP contribution < -0.4 is 0 Å². The first-order valence-electron chi connectivity index (χ1n) is 6.14. The van der Waals surface area contributed by atoms with Gasteiger partial charge in [0.2, 0.25) is 0 Å². The normalized spacial score (nSPS) is 14.2. The van der Waals surface area contributed by atoms with Crippen LogP contribution in [0.5, 0.6) is 0 Å². The molecule has 0 aliphatic carbocycles. The molecular formula is C13H28O2. The molecule has 0 N–H and O–H groups in total. The molecule has 0 heterocycles. The van der Waals surface area contributed by atoms with E-state index in [9.17, 15) is 0 Å². The van der Waals surface area contributed by atoms with E-state index in [1.54, 1.807) is 14.2 Å². The quantitative estimate of drug-likeness (QED) is 0.587. The Kier molecular flexibility index (Phi) is 8.07. The lowest BCUT2D eigenvalue weighted by molar-refractivity contribution is -0.0332. The molecule has 0 saturated carbocycles. The van der Waals surface area contributed by atoms with Crippen LogP contribution in [-0.4, -0.2) is 27.4 Å². The summed E-state index contributed by atoms with van der Waals surface area (Å²) in [6, 6.07) is 0. The van der Waals surface area contributed by atoms with E-state index in [2.05, 4.69) is 20.8 Å². The van der Waals surface area contributed by atoms with Gasteiger partial charge in [-0.1, -0.05) is 40.0 Å². The summed E-state index contributed by atoms with van der Waals surface area (Å²) in [6.45, 7) is 8.43. The van der Waals surface area contributed by atoms with Crippen molar-refractivity contribution in [3.8, 4) is 0 Å². The first-order chi connectivity index (χ1) is 7.16. The Labute approximate surface area is 95.3 Å². The van der Waals surface area contributed by atoms with Crippen LogP contribution in [0.3, 0.4) is 0 Å². The van der Waals surface area contributed by atoms with E-state index in [-0.39, 0.29) is 5.41 Å². The molecule has 0 radical (unpaired) electrons. The van der Waals surface area contributed by atoms with Gasteiger partial charge in [-0.15, -0.1) is 0 Å². The van der Waals surface area contributed by atoms with Gasteiger partial charge in [0.1, 0.15) is 0 Å². The third-order valence-electron chi connectivity index (χ3n) is 3.55. The monoisotopic (exact) mass is 216 g/mol. The fourth-order valence-electron chi connectivity index (χ4n) is 2.25. The average molecular weight is 216 g/mol. The van der Waals surface area contributed by atoms with Gasteiger partial charge in [-0.25, -0.2) is 0 Å². The largest absolute Gasteiger partial charge is 0.384 e. The molecule has 0 bridgehead atoms. The van der Waals surface area contributed by atoms with Crippen molar-refractivity contribution in [1.29, 1.82) is 0 Å². The van der Waals surface area contributed by atoms with Gasteiger partial charge in [-0.3, -0.25) is 0 Å². The highest BCUT2D eigenvalue weighted by Gasteiger charge is 2.34. The Bertz CT molecular complexity index is 139. The molecule has 1 unspecified atom stereocenters. The maximum absolute atomic E-state index is 5.40. The van der Waals surface area contributed by atoms with Gasteiger partial charge in [0.25, 0.3) is 0 Å². The van der Waals surface area contributed by atoms with Crippen molar-refractivity contribution in [3.05, 3.63) is 0 Å². The molecule has 0 aliphatic rings. The van der Waals surface area contributed by atoms with E-state index < -0.39 is 0 Å². The SMILES string of the molecule is CCCCC(COC)(COC)C(C)CC. The van der Waals surface area contributed by atoms with Crippen LogP contribution in [-0.2, 0) is 9.47 Å². The van der Waals surface area contributed by atoms with Crippen molar-refractivity contribution in [3.63, 3.8) is 0 Å². The van der Waals surface area contributed by atoms with Crippen molar-refractivity contribution in [2.75, 3.05) is 27.4 Å². The number of ether oxygens (including phenoxy) is 2. The van der Waals surface area contributed by atoms with Crippen LogP contribution in [0, 0.1) is 11.3 Å². The minimum Gasteiger partial charge on any atom is -0.384 e. The van der Waals surface area contributed by atoms with Gasteiger partial charge in [-0.05, 0) is 12.3 Å². The second kappa shape index (κ2) is 8.12. The minimum absolute atomic E-state index is 0.217. The van der Waals surface area contributed by atoms with E-state index in [4.69, 9.17) is 9.47 Å². The first kappa shape index (κ1) is 14.9. The maximum atomic E-state index is 5.40. The number of unbranched alkanes of at least 4 members (excludes halogenated alkanes) is 1. The summed E-state index contributed by atoms with van der Waals surface area (Å²) < 4.78 is 10.8. The minimum atomic E-state index is 0.217. The molecule has 0 aliphatic heterocycles. The van der Waals surface area contributed by atoms with Crippen molar-refractivity contribution >= 4 is 0 Å². The molecule has 0 fully saturated rings. The second-order valence-corrected chi connectivity index (χ2v) is 4.64. The van der Waals surface area contributed by atoms with E-state index in [0.29, 0.717) is 5.92 Å². The zero-order chi connectivity index (χ0) is 11.7. The Balaban J connectivity index is 4.54. The van der Waals surface area contributed by atoms with E-state index in [0.717, 1.165) is 13.2 Å². The topological polar surface area (TPSA) is 18.5 Å². The second-order valence-electron chi connectivity index (χ2n) is 4.64. The van der Waals surface area contributed by atoms with Crippen molar-refractivity contribution < 1.29 is 9.47 Å². The predicted molar refractivity (Wildman–Crippen MR) is 65.2 cm³/mol. The standard InChI is InChI=1S/C13H28O2/c1-6-8-9-13(10-14-4,11-15-5)12(3)7-2/h12H,6-11H2,1-5H3. The van der Waals surface area contributed by atoms with Gasteiger partial charge in [-0.2, -0.15) is 0 Å². The van der Waals surface area contributed by atoms with Crippen molar-refractivity contribution in [2.24, 2.45) is 11.3 Å². The predicted octanol–water partition coefficient (Wildman–Crippen LogP) is 3.50. The maximum Gasteiger partial charge on any atom is 0.0543 e. The van der Waals surface area contributed by atoms with Crippen LogP contribution in [0.1, 0.15) is 46.5 Å². The van der Waals surface area contributed by atoms with Crippen LogP contribution in [0.2, 0.25) is 0 Å². The summed E-state index contributed by atoms with van der Waals surface area (Å²) in [4.78, 5) is 0. The van der Waals surface area contributed by atoms with Gasteiger partial charge in [0, 0.05) is 19.6 Å². The van der Waals surface area contributed by atoms with E-state index in [1.165, 1.54) is 25.7 Å². The molecule has 0 spiro atoms. The summed E-state index contributed by atoms with van der Waals surface area (Å²) >= 11 is 0. The molecule has 1 atom stereocenters. The summed E-state index contributed by atoms with van der Waals surface area (Å²) in [5.41, 5.74) is 0.217. The zero-order valence-corrected chi connectivity index (χ0v) is 11.1. The van der Waals surface area contributed by atoms with Crippen molar-refractivity contribution in [2.45, 2.75) is 46.5 Å². The van der Waals surface area contributed by atoms with Gasteiger partial charge in [0.15, 0.2) is 0 Å². The van der Waals surface area contributed by atoms with Crippen molar-refractivity contribution in [1.82, 2.24) is 0 Å². The lowest BCUT2D eigenvalue weighted by Crippen LogP contribution is -2.38. The molecule has 92 valence electrons. The van der Waals surface area contributed by atoms with Crippen LogP contribution in [0.15, 0.2) is 0 Å². The lowest BCUT2D eigenvalue weighted by Gasteiger charge is -2.38. The molecule has 15 heavy (non-hydrogen) atoms. The Morgan fingerprint density at radius 3 is 1.93 bits per heavy atom. The highest BCUT2D eigenvalue weighted by molar-refractivity contribution is 4.83. The molecular weight excluding hydrogens is 188 g/mol. The Morgan fingerprint density at radius 2 is 1.60 bits per heavy atom. The number of hydrogen-bond donors (Lipinski definition) is 0. The van der Waals surface area contributed by atoms with Crippen LogP contribution >= 0.6 is 0 Å². The Morgan fingerprint density at radius 1 is 1.07 bits per heavy atom. The third-order valence-corrected chi connectivity index (χ3v) is 3.55. The molecule has 0 amide bonds. The van der Waals surface area contributed by atoms with Gasteiger partial charge < -0.3 is 9.47 Å².